The fourth-order valence-corrected chi connectivity index (χ4v) is 1.57. The Kier molecular flexibility index (Phi) is 2.22. The molecule has 0 aromatic carbocycles. The molecule has 0 fully saturated rings. The predicted octanol–water partition coefficient (Wildman–Crippen LogP) is 2.57. The summed E-state index contributed by atoms with van der Waals surface area (Å²) in [4.78, 5) is 1.15. The molecule has 0 nitrogen and oxygen atoms in total. The highest BCUT2D eigenvalue weighted by Gasteiger charge is 1.93. The molecule has 0 bridgehead atoms. The van der Waals surface area contributed by atoms with Crippen molar-refractivity contribution < 1.29 is 4.39 Å². The third-order valence-corrected chi connectivity index (χ3v) is 2.24. The minimum atomic E-state index is -0.236. The number of hydrogen-bond acceptors (Lipinski definition) is 1. The van der Waals surface area contributed by atoms with Gasteiger partial charge in [0.2, 0.25) is 0 Å². The monoisotopic (exact) mass is 144 g/mol. The second-order valence-corrected chi connectivity index (χ2v) is 3.03. The molecule has 0 unspecified atom stereocenters. The van der Waals surface area contributed by atoms with Gasteiger partial charge in [0.05, 0.1) is 6.67 Å². The van der Waals surface area contributed by atoms with Crippen LogP contribution in [0, 0.1) is 6.92 Å². The number of hydrogen-bond donors (Lipinski definition) is 0. The summed E-state index contributed by atoms with van der Waals surface area (Å²) in [7, 11) is 0. The molecular weight excluding hydrogens is 135 g/mol. The van der Waals surface area contributed by atoms with Crippen molar-refractivity contribution in [3.8, 4) is 0 Å². The summed E-state index contributed by atoms with van der Waals surface area (Å²) in [5.41, 5.74) is 1.24. The standard InChI is InChI=1S/C7H9FS/c1-6-4-7(2-3-8)9-5-6/h4-5H,2-3H2,1H3. The Morgan fingerprint density at radius 3 is 2.89 bits per heavy atom. The van der Waals surface area contributed by atoms with Crippen molar-refractivity contribution in [2.75, 3.05) is 6.67 Å². The van der Waals surface area contributed by atoms with Crippen LogP contribution in [0.15, 0.2) is 11.4 Å². The molecule has 0 saturated carbocycles. The van der Waals surface area contributed by atoms with Crippen LogP contribution in [-0.4, -0.2) is 6.67 Å². The van der Waals surface area contributed by atoms with Crippen LogP contribution in [0.25, 0.3) is 0 Å². The first kappa shape index (κ1) is 6.75. The summed E-state index contributed by atoms with van der Waals surface area (Å²) < 4.78 is 11.7. The van der Waals surface area contributed by atoms with Crippen molar-refractivity contribution in [3.05, 3.63) is 21.9 Å². The van der Waals surface area contributed by atoms with E-state index in [1.54, 1.807) is 11.3 Å². The van der Waals surface area contributed by atoms with Crippen LogP contribution in [0.1, 0.15) is 10.4 Å². The molecule has 0 spiro atoms. The van der Waals surface area contributed by atoms with E-state index in [4.69, 9.17) is 0 Å². The molecule has 1 heterocycles. The third kappa shape index (κ3) is 1.79. The Balaban J connectivity index is 2.61. The lowest BCUT2D eigenvalue weighted by atomic mass is 10.3. The molecule has 0 aliphatic heterocycles. The Labute approximate surface area is 58.3 Å². The van der Waals surface area contributed by atoms with Gasteiger partial charge >= 0.3 is 0 Å². The molecule has 1 aromatic rings. The molecule has 50 valence electrons. The van der Waals surface area contributed by atoms with Crippen LogP contribution in [0.3, 0.4) is 0 Å². The lowest BCUT2D eigenvalue weighted by Gasteiger charge is -1.84. The maximum Gasteiger partial charge on any atom is 0.0942 e. The fraction of sp³-hybridized carbons (Fsp3) is 0.429. The van der Waals surface area contributed by atoms with Crippen molar-refractivity contribution in [2.45, 2.75) is 13.3 Å². The molecule has 0 aliphatic rings. The largest absolute Gasteiger partial charge is 0.251 e. The molecule has 9 heavy (non-hydrogen) atoms. The van der Waals surface area contributed by atoms with Crippen LogP contribution >= 0.6 is 11.3 Å². The highest BCUT2D eigenvalue weighted by Crippen LogP contribution is 2.13. The summed E-state index contributed by atoms with van der Waals surface area (Å²) in [6.07, 6.45) is 0.582. The smallest absolute Gasteiger partial charge is 0.0942 e. The van der Waals surface area contributed by atoms with Gasteiger partial charge in [-0.2, -0.15) is 0 Å². The first-order chi connectivity index (χ1) is 4.33. The first-order valence-electron chi connectivity index (χ1n) is 2.93. The van der Waals surface area contributed by atoms with Crippen molar-refractivity contribution >= 4 is 11.3 Å². The van der Waals surface area contributed by atoms with Gasteiger partial charge in [-0.1, -0.05) is 0 Å². The number of alkyl halides is 1. The highest BCUT2D eigenvalue weighted by atomic mass is 32.1. The van der Waals surface area contributed by atoms with E-state index >= 15 is 0 Å². The summed E-state index contributed by atoms with van der Waals surface area (Å²) >= 11 is 1.63. The van der Waals surface area contributed by atoms with E-state index in [-0.39, 0.29) is 6.67 Å². The maximum atomic E-state index is 11.7. The minimum Gasteiger partial charge on any atom is -0.251 e. The van der Waals surface area contributed by atoms with Gasteiger partial charge in [0, 0.05) is 11.3 Å². The molecule has 1 aromatic heterocycles. The quantitative estimate of drug-likeness (QED) is 0.598. The zero-order valence-electron chi connectivity index (χ0n) is 5.36. The van der Waals surface area contributed by atoms with Crippen LogP contribution < -0.4 is 0 Å². The zero-order chi connectivity index (χ0) is 6.69. The van der Waals surface area contributed by atoms with Gasteiger partial charge in [0.15, 0.2) is 0 Å². The van der Waals surface area contributed by atoms with Gasteiger partial charge in [0.1, 0.15) is 0 Å². The van der Waals surface area contributed by atoms with Crippen LogP contribution in [0.4, 0.5) is 4.39 Å². The lowest BCUT2D eigenvalue weighted by molar-refractivity contribution is 0.497. The third-order valence-electron chi connectivity index (χ3n) is 1.13. The molecule has 0 atom stereocenters. The van der Waals surface area contributed by atoms with E-state index in [2.05, 4.69) is 0 Å². The van der Waals surface area contributed by atoms with Crippen molar-refractivity contribution in [1.82, 2.24) is 0 Å². The van der Waals surface area contributed by atoms with Gasteiger partial charge < -0.3 is 0 Å². The van der Waals surface area contributed by atoms with E-state index in [1.165, 1.54) is 5.56 Å². The maximum absolute atomic E-state index is 11.7. The first-order valence-corrected chi connectivity index (χ1v) is 3.81. The van der Waals surface area contributed by atoms with Crippen LogP contribution in [-0.2, 0) is 6.42 Å². The topological polar surface area (TPSA) is 0 Å². The predicted molar refractivity (Wildman–Crippen MR) is 38.7 cm³/mol. The minimum absolute atomic E-state index is 0.236. The number of rotatable bonds is 2. The SMILES string of the molecule is Cc1csc(CCF)c1. The fourth-order valence-electron chi connectivity index (χ4n) is 0.715. The van der Waals surface area contributed by atoms with E-state index in [0.29, 0.717) is 6.42 Å². The van der Waals surface area contributed by atoms with Crippen molar-refractivity contribution in [3.63, 3.8) is 0 Å². The molecule has 2 heteroatoms. The zero-order valence-corrected chi connectivity index (χ0v) is 6.17. The average Bonchev–Trinajstić information content (AvgIpc) is 2.17. The second-order valence-electron chi connectivity index (χ2n) is 2.03. The van der Waals surface area contributed by atoms with Crippen LogP contribution in [0.2, 0.25) is 0 Å². The summed E-state index contributed by atoms with van der Waals surface area (Å²) in [5, 5.41) is 2.05. The van der Waals surface area contributed by atoms with E-state index < -0.39 is 0 Å². The lowest BCUT2D eigenvalue weighted by Crippen LogP contribution is -1.78. The molecular formula is C7H9FS. The average molecular weight is 144 g/mol. The Morgan fingerprint density at radius 2 is 2.44 bits per heavy atom. The number of halogens is 1. The molecule has 0 saturated heterocycles. The summed E-state index contributed by atoms with van der Waals surface area (Å²) in [5.74, 6) is 0. The van der Waals surface area contributed by atoms with E-state index in [0.717, 1.165) is 4.88 Å². The molecule has 1 rings (SSSR count). The molecule has 0 radical (unpaired) electrons. The van der Waals surface area contributed by atoms with Gasteiger partial charge in [-0.3, -0.25) is 4.39 Å². The second kappa shape index (κ2) is 2.97. The Morgan fingerprint density at radius 1 is 1.67 bits per heavy atom. The number of thiophene rings is 1. The van der Waals surface area contributed by atoms with Crippen LogP contribution in [0.5, 0.6) is 0 Å². The molecule has 0 N–H and O–H groups in total. The highest BCUT2D eigenvalue weighted by molar-refractivity contribution is 7.10. The Hall–Kier alpha value is -0.370. The van der Waals surface area contributed by atoms with E-state index in [1.807, 2.05) is 18.4 Å². The Bertz CT molecular complexity index is 181. The van der Waals surface area contributed by atoms with Crippen molar-refractivity contribution in [2.24, 2.45) is 0 Å². The summed E-state index contributed by atoms with van der Waals surface area (Å²) in [6.45, 7) is 1.79. The van der Waals surface area contributed by atoms with Gasteiger partial charge in [-0.15, -0.1) is 11.3 Å². The van der Waals surface area contributed by atoms with Gasteiger partial charge in [0.25, 0.3) is 0 Å². The summed E-state index contributed by atoms with van der Waals surface area (Å²) in [6, 6.07) is 2.03. The van der Waals surface area contributed by atoms with Gasteiger partial charge in [-0.25, -0.2) is 0 Å². The molecule has 0 aliphatic carbocycles. The number of aryl methyl sites for hydroxylation is 2. The van der Waals surface area contributed by atoms with Crippen molar-refractivity contribution in [1.29, 1.82) is 0 Å². The van der Waals surface area contributed by atoms with Gasteiger partial charge in [-0.05, 0) is 23.9 Å². The molecule has 0 amide bonds. The normalized spacial score (nSPS) is 10.0. The van der Waals surface area contributed by atoms with E-state index in [9.17, 15) is 4.39 Å².